The number of aliphatic hydroxyl groups excluding tert-OH is 2. The van der Waals surface area contributed by atoms with Gasteiger partial charge in [0, 0.05) is 18.0 Å². The summed E-state index contributed by atoms with van der Waals surface area (Å²) < 4.78 is 14.9. The molecule has 174 valence electrons. The molecule has 1 amide bonds. The van der Waals surface area contributed by atoms with Gasteiger partial charge in [-0.2, -0.15) is 5.10 Å². The van der Waals surface area contributed by atoms with Gasteiger partial charge < -0.3 is 20.6 Å². The molecule has 0 aliphatic carbocycles. The van der Waals surface area contributed by atoms with Gasteiger partial charge in [-0.25, -0.2) is 9.07 Å². The van der Waals surface area contributed by atoms with Gasteiger partial charge in [0.05, 0.1) is 30.0 Å². The number of carbonyl (C=O) groups is 2. The van der Waals surface area contributed by atoms with Crippen molar-refractivity contribution < 1.29 is 29.3 Å². The van der Waals surface area contributed by atoms with Crippen molar-refractivity contribution in [3.63, 3.8) is 0 Å². The van der Waals surface area contributed by atoms with E-state index in [-0.39, 0.29) is 30.0 Å². The number of carbonyl (C=O) groups excluding carboxylic acids is 1. The number of amides is 1. The molecular formula is C23H30FN3O5. The number of carboxylic acids is 1. The van der Waals surface area contributed by atoms with Crippen LogP contribution in [0.4, 0.5) is 4.39 Å². The number of aliphatic carboxylic acids is 1. The zero-order valence-electron chi connectivity index (χ0n) is 18.6. The molecule has 0 spiro atoms. The van der Waals surface area contributed by atoms with Crippen LogP contribution in [0.25, 0.3) is 11.8 Å². The highest BCUT2D eigenvalue weighted by atomic mass is 19.1. The predicted octanol–water partition coefficient (Wildman–Crippen LogP) is 2.87. The van der Waals surface area contributed by atoms with Gasteiger partial charge in [-0.3, -0.25) is 9.59 Å². The van der Waals surface area contributed by atoms with Crippen LogP contribution in [-0.4, -0.2) is 55.2 Å². The van der Waals surface area contributed by atoms with Crippen LogP contribution in [0.1, 0.15) is 68.2 Å². The number of rotatable bonds is 10. The van der Waals surface area contributed by atoms with Crippen molar-refractivity contribution in [2.75, 3.05) is 0 Å². The van der Waals surface area contributed by atoms with E-state index in [0.29, 0.717) is 16.9 Å². The topological polar surface area (TPSA) is 125 Å². The zero-order valence-corrected chi connectivity index (χ0v) is 18.6. The summed E-state index contributed by atoms with van der Waals surface area (Å²) in [4.78, 5) is 23.5. The van der Waals surface area contributed by atoms with Gasteiger partial charge in [-0.1, -0.05) is 19.9 Å². The predicted molar refractivity (Wildman–Crippen MR) is 118 cm³/mol. The molecule has 4 N–H and O–H groups in total. The van der Waals surface area contributed by atoms with Gasteiger partial charge in [0.2, 0.25) is 0 Å². The highest BCUT2D eigenvalue weighted by molar-refractivity contribution is 5.95. The molecule has 1 heterocycles. The van der Waals surface area contributed by atoms with E-state index in [0.717, 1.165) is 0 Å². The summed E-state index contributed by atoms with van der Waals surface area (Å²) in [5, 5.41) is 36.1. The molecule has 9 heteroatoms. The van der Waals surface area contributed by atoms with Crippen LogP contribution in [0.2, 0.25) is 0 Å². The third-order valence-corrected chi connectivity index (χ3v) is 4.64. The minimum atomic E-state index is -1.20. The zero-order chi connectivity index (χ0) is 24.0. The normalized spacial score (nSPS) is 13.7. The molecule has 1 aromatic heterocycles. The minimum absolute atomic E-state index is 0.102. The van der Waals surface area contributed by atoms with Crippen LogP contribution >= 0.6 is 0 Å². The average molecular weight is 448 g/mol. The molecule has 2 atom stereocenters. The lowest BCUT2D eigenvalue weighted by Gasteiger charge is -2.12. The first-order valence-corrected chi connectivity index (χ1v) is 10.4. The van der Waals surface area contributed by atoms with Gasteiger partial charge in [-0.15, -0.1) is 0 Å². The number of aliphatic hydroxyl groups is 2. The van der Waals surface area contributed by atoms with Gasteiger partial charge in [0.1, 0.15) is 5.82 Å². The summed E-state index contributed by atoms with van der Waals surface area (Å²) in [6, 6.07) is 5.52. The van der Waals surface area contributed by atoms with Crippen molar-refractivity contribution in [1.82, 2.24) is 15.1 Å². The third-order valence-electron chi connectivity index (χ3n) is 4.64. The fraction of sp³-hybridized carbons (Fsp3) is 0.435. The molecule has 0 bridgehead atoms. The summed E-state index contributed by atoms with van der Waals surface area (Å²) >= 11 is 0. The SMILES string of the molecule is CC(C)NC(=O)c1nn(-c2ccc(F)cc2)c(C=C[C@@H](O)C[C@@H](O)CC(=O)O)c1C(C)C. The van der Waals surface area contributed by atoms with Crippen molar-refractivity contribution in [3.05, 3.63) is 53.1 Å². The number of halogens is 1. The molecule has 2 rings (SSSR count). The quantitative estimate of drug-likeness (QED) is 0.444. The van der Waals surface area contributed by atoms with Crippen LogP contribution in [0.3, 0.4) is 0 Å². The van der Waals surface area contributed by atoms with E-state index in [9.17, 15) is 24.2 Å². The Hall–Kier alpha value is -3.04. The lowest BCUT2D eigenvalue weighted by atomic mass is 9.98. The summed E-state index contributed by atoms with van der Waals surface area (Å²) in [5.41, 5.74) is 1.91. The van der Waals surface area contributed by atoms with Gasteiger partial charge >= 0.3 is 5.97 Å². The molecule has 8 nitrogen and oxygen atoms in total. The van der Waals surface area contributed by atoms with Crippen LogP contribution in [0, 0.1) is 5.82 Å². The average Bonchev–Trinajstić information content (AvgIpc) is 3.05. The number of hydrogen-bond acceptors (Lipinski definition) is 5. The maximum absolute atomic E-state index is 13.4. The molecule has 2 aromatic rings. The summed E-state index contributed by atoms with van der Waals surface area (Å²) in [6.07, 6.45) is 0.0362. The summed E-state index contributed by atoms with van der Waals surface area (Å²) in [5.74, 6) is -2.03. The number of carboxylic acid groups (broad SMARTS) is 1. The first-order valence-electron chi connectivity index (χ1n) is 10.4. The van der Waals surface area contributed by atoms with E-state index in [1.807, 2.05) is 27.7 Å². The second-order valence-electron chi connectivity index (χ2n) is 8.23. The van der Waals surface area contributed by atoms with E-state index in [1.165, 1.54) is 35.0 Å². The fourth-order valence-corrected chi connectivity index (χ4v) is 3.29. The molecule has 0 unspecified atom stereocenters. The van der Waals surface area contributed by atoms with Gasteiger partial charge in [0.15, 0.2) is 5.69 Å². The van der Waals surface area contributed by atoms with Gasteiger partial charge in [-0.05, 0) is 50.1 Å². The van der Waals surface area contributed by atoms with Crippen LogP contribution in [-0.2, 0) is 4.79 Å². The largest absolute Gasteiger partial charge is 0.481 e. The number of aromatic nitrogens is 2. The van der Waals surface area contributed by atoms with Crippen LogP contribution in [0.5, 0.6) is 0 Å². The highest BCUT2D eigenvalue weighted by Gasteiger charge is 2.25. The Bertz CT molecular complexity index is 967. The number of benzene rings is 1. The molecule has 0 aliphatic heterocycles. The Labute approximate surface area is 186 Å². The van der Waals surface area contributed by atoms with E-state index in [2.05, 4.69) is 10.4 Å². The first kappa shape index (κ1) is 25.2. The lowest BCUT2D eigenvalue weighted by Crippen LogP contribution is -2.31. The van der Waals surface area contributed by atoms with Crippen molar-refractivity contribution in [3.8, 4) is 5.69 Å². The molecule has 0 saturated carbocycles. The van der Waals surface area contributed by atoms with Crippen molar-refractivity contribution in [2.45, 2.75) is 64.7 Å². The number of nitrogens with zero attached hydrogens (tertiary/aromatic N) is 2. The minimum Gasteiger partial charge on any atom is -0.481 e. The number of hydrogen-bond donors (Lipinski definition) is 4. The Kier molecular flexibility index (Phi) is 8.68. The Morgan fingerprint density at radius 3 is 2.31 bits per heavy atom. The highest BCUT2D eigenvalue weighted by Crippen LogP contribution is 2.28. The Morgan fingerprint density at radius 1 is 1.16 bits per heavy atom. The molecule has 0 radical (unpaired) electrons. The molecule has 0 fully saturated rings. The van der Waals surface area contributed by atoms with Crippen molar-refractivity contribution >= 4 is 18.0 Å². The maximum atomic E-state index is 13.4. The van der Waals surface area contributed by atoms with Crippen LogP contribution in [0.15, 0.2) is 30.3 Å². The number of nitrogens with one attached hydrogen (secondary N) is 1. The monoisotopic (exact) mass is 447 g/mol. The summed E-state index contributed by atoms with van der Waals surface area (Å²) in [7, 11) is 0. The van der Waals surface area contributed by atoms with Crippen LogP contribution < -0.4 is 5.32 Å². The Balaban J connectivity index is 2.51. The molecule has 32 heavy (non-hydrogen) atoms. The van der Waals surface area contributed by atoms with E-state index >= 15 is 0 Å². The third kappa shape index (κ3) is 6.73. The second kappa shape index (κ2) is 11.0. The van der Waals surface area contributed by atoms with Crippen molar-refractivity contribution in [1.29, 1.82) is 0 Å². The van der Waals surface area contributed by atoms with Gasteiger partial charge in [0.25, 0.3) is 5.91 Å². The van der Waals surface area contributed by atoms with E-state index < -0.39 is 30.4 Å². The standard InChI is InChI=1S/C23H30FN3O5/c1-13(2)21-19(10-9-17(28)11-18(29)12-20(30)31)27(16-7-5-15(24)6-8-16)26-22(21)23(32)25-14(3)4/h5-10,13-14,17-18,28-29H,11-12H2,1-4H3,(H,25,32)(H,30,31)/t17-,18-/m1/s1. The Morgan fingerprint density at radius 2 is 1.78 bits per heavy atom. The second-order valence-corrected chi connectivity index (χ2v) is 8.23. The smallest absolute Gasteiger partial charge is 0.305 e. The van der Waals surface area contributed by atoms with E-state index in [4.69, 9.17) is 5.11 Å². The van der Waals surface area contributed by atoms with Crippen molar-refractivity contribution in [2.24, 2.45) is 0 Å². The van der Waals surface area contributed by atoms with E-state index in [1.54, 1.807) is 6.08 Å². The summed E-state index contributed by atoms with van der Waals surface area (Å²) in [6.45, 7) is 7.48. The first-order chi connectivity index (χ1) is 15.0. The molecular weight excluding hydrogens is 417 g/mol. The molecule has 0 saturated heterocycles. The molecule has 0 aliphatic rings. The maximum Gasteiger partial charge on any atom is 0.305 e. The molecule has 1 aromatic carbocycles. The fourth-order valence-electron chi connectivity index (χ4n) is 3.29. The lowest BCUT2D eigenvalue weighted by molar-refractivity contribution is -0.139.